The van der Waals surface area contributed by atoms with E-state index in [0.29, 0.717) is 5.82 Å². The van der Waals surface area contributed by atoms with Crippen LogP contribution in [0, 0.1) is 6.92 Å². The van der Waals surface area contributed by atoms with Crippen molar-refractivity contribution in [2.45, 2.75) is 6.92 Å². The molecule has 0 atom stereocenters. The Kier molecular flexibility index (Phi) is 3.74. The lowest BCUT2D eigenvalue weighted by Gasteiger charge is -2.12. The number of benzene rings is 1. The third-order valence-corrected chi connectivity index (χ3v) is 3.28. The Morgan fingerprint density at radius 2 is 1.82 bits per heavy atom. The van der Waals surface area contributed by atoms with E-state index < -0.39 is 0 Å². The number of aryl methyl sites for hydroxylation is 1. The van der Waals surface area contributed by atoms with Crippen LogP contribution in [0.3, 0.4) is 0 Å². The lowest BCUT2D eigenvalue weighted by Crippen LogP contribution is -2.08. The van der Waals surface area contributed by atoms with Crippen LogP contribution in [0.1, 0.15) is 5.69 Å². The molecule has 3 rings (SSSR count). The SMILES string of the molecule is Cc1cc(Nc2cncc(-c3ccc(N(C)C)cc3)n2)n[nH]1. The molecule has 0 aliphatic carbocycles. The summed E-state index contributed by atoms with van der Waals surface area (Å²) >= 11 is 0. The largest absolute Gasteiger partial charge is 0.378 e. The number of H-pyrrole nitrogens is 1. The topological polar surface area (TPSA) is 69.7 Å². The fourth-order valence-electron chi connectivity index (χ4n) is 2.11. The van der Waals surface area contributed by atoms with E-state index in [1.165, 1.54) is 0 Å². The molecule has 3 aromatic rings. The highest BCUT2D eigenvalue weighted by molar-refractivity contribution is 5.64. The highest BCUT2D eigenvalue weighted by atomic mass is 15.2. The standard InChI is InChI=1S/C16H18N6/c1-11-8-15(21-20-11)19-16-10-17-9-14(18-16)12-4-6-13(7-5-12)22(2)3/h4-10H,1-3H3,(H2,18,19,20,21). The molecule has 0 spiro atoms. The number of aromatic nitrogens is 4. The zero-order valence-electron chi connectivity index (χ0n) is 12.8. The highest BCUT2D eigenvalue weighted by Crippen LogP contribution is 2.22. The van der Waals surface area contributed by atoms with Gasteiger partial charge in [-0.1, -0.05) is 12.1 Å². The van der Waals surface area contributed by atoms with E-state index in [1.54, 1.807) is 12.4 Å². The van der Waals surface area contributed by atoms with Gasteiger partial charge in [0.15, 0.2) is 11.6 Å². The van der Waals surface area contributed by atoms with E-state index in [1.807, 2.05) is 39.2 Å². The first-order valence-corrected chi connectivity index (χ1v) is 7.00. The van der Waals surface area contributed by atoms with E-state index in [-0.39, 0.29) is 0 Å². The molecule has 0 radical (unpaired) electrons. The Bertz CT molecular complexity index is 760. The monoisotopic (exact) mass is 294 g/mol. The molecule has 1 aromatic carbocycles. The van der Waals surface area contributed by atoms with E-state index in [9.17, 15) is 0 Å². The number of rotatable bonds is 4. The summed E-state index contributed by atoms with van der Waals surface area (Å²) in [7, 11) is 4.04. The summed E-state index contributed by atoms with van der Waals surface area (Å²) in [5, 5.41) is 10.2. The maximum absolute atomic E-state index is 4.58. The molecule has 0 aliphatic rings. The van der Waals surface area contributed by atoms with Crippen LogP contribution < -0.4 is 10.2 Å². The lowest BCUT2D eigenvalue weighted by atomic mass is 10.1. The van der Waals surface area contributed by atoms with Gasteiger partial charge in [0.1, 0.15) is 0 Å². The molecule has 2 aromatic heterocycles. The third-order valence-electron chi connectivity index (χ3n) is 3.28. The molecule has 0 fully saturated rings. The predicted molar refractivity (Wildman–Crippen MR) is 88.4 cm³/mol. The summed E-state index contributed by atoms with van der Waals surface area (Å²) in [5.74, 6) is 1.40. The normalized spacial score (nSPS) is 10.5. The Labute approximate surface area is 129 Å². The number of nitrogens with one attached hydrogen (secondary N) is 2. The van der Waals surface area contributed by atoms with E-state index in [0.717, 1.165) is 28.5 Å². The van der Waals surface area contributed by atoms with Gasteiger partial charge < -0.3 is 10.2 Å². The van der Waals surface area contributed by atoms with Crippen molar-refractivity contribution in [3.8, 4) is 11.3 Å². The molecule has 0 unspecified atom stereocenters. The Morgan fingerprint density at radius 3 is 2.45 bits per heavy atom. The second kappa shape index (κ2) is 5.85. The van der Waals surface area contributed by atoms with Gasteiger partial charge in [-0.15, -0.1) is 0 Å². The summed E-state index contributed by atoms with van der Waals surface area (Å²) in [5.41, 5.74) is 3.99. The number of anilines is 3. The van der Waals surface area contributed by atoms with Crippen molar-refractivity contribution < 1.29 is 0 Å². The molecule has 6 nitrogen and oxygen atoms in total. The first-order valence-electron chi connectivity index (χ1n) is 7.00. The minimum atomic E-state index is 0.667. The van der Waals surface area contributed by atoms with Crippen molar-refractivity contribution in [3.05, 3.63) is 48.4 Å². The van der Waals surface area contributed by atoms with Gasteiger partial charge in [-0.2, -0.15) is 5.10 Å². The van der Waals surface area contributed by atoms with Gasteiger partial charge in [0.05, 0.1) is 18.1 Å². The smallest absolute Gasteiger partial charge is 0.153 e. The van der Waals surface area contributed by atoms with E-state index in [4.69, 9.17) is 0 Å². The van der Waals surface area contributed by atoms with Crippen molar-refractivity contribution in [1.82, 2.24) is 20.2 Å². The lowest BCUT2D eigenvalue weighted by molar-refractivity contribution is 1.05. The van der Waals surface area contributed by atoms with E-state index in [2.05, 4.69) is 42.5 Å². The van der Waals surface area contributed by atoms with Crippen LogP contribution in [-0.4, -0.2) is 34.3 Å². The molecule has 112 valence electrons. The zero-order valence-corrected chi connectivity index (χ0v) is 12.8. The van der Waals surface area contributed by atoms with Crippen LogP contribution in [0.15, 0.2) is 42.7 Å². The summed E-state index contributed by atoms with van der Waals surface area (Å²) in [6.45, 7) is 1.95. The second-order valence-corrected chi connectivity index (χ2v) is 5.29. The number of nitrogens with zero attached hydrogens (tertiary/aromatic N) is 4. The maximum Gasteiger partial charge on any atom is 0.153 e. The van der Waals surface area contributed by atoms with Gasteiger partial charge >= 0.3 is 0 Å². The number of aromatic amines is 1. The van der Waals surface area contributed by atoms with Crippen LogP contribution in [0.2, 0.25) is 0 Å². The average molecular weight is 294 g/mol. The fraction of sp³-hybridized carbons (Fsp3) is 0.188. The summed E-state index contributed by atoms with van der Waals surface area (Å²) < 4.78 is 0. The summed E-state index contributed by atoms with van der Waals surface area (Å²) in [6, 6.07) is 10.1. The first-order chi connectivity index (χ1) is 10.6. The van der Waals surface area contributed by atoms with Gasteiger partial charge in [-0.25, -0.2) is 4.98 Å². The van der Waals surface area contributed by atoms with Crippen LogP contribution in [0.4, 0.5) is 17.3 Å². The van der Waals surface area contributed by atoms with Gasteiger partial charge in [-0.05, 0) is 19.1 Å². The van der Waals surface area contributed by atoms with Crippen molar-refractivity contribution in [2.24, 2.45) is 0 Å². The highest BCUT2D eigenvalue weighted by Gasteiger charge is 2.05. The van der Waals surface area contributed by atoms with Crippen molar-refractivity contribution in [3.63, 3.8) is 0 Å². The Balaban J connectivity index is 1.84. The van der Waals surface area contributed by atoms with E-state index >= 15 is 0 Å². The molecule has 22 heavy (non-hydrogen) atoms. The van der Waals surface area contributed by atoms with Gasteiger partial charge in [0, 0.05) is 37.1 Å². The number of hydrogen-bond donors (Lipinski definition) is 2. The Morgan fingerprint density at radius 1 is 1.05 bits per heavy atom. The fourth-order valence-corrected chi connectivity index (χ4v) is 2.11. The minimum absolute atomic E-state index is 0.667. The first kappa shape index (κ1) is 14.1. The van der Waals surface area contributed by atoms with Gasteiger partial charge in [0.25, 0.3) is 0 Å². The molecule has 0 aliphatic heterocycles. The zero-order chi connectivity index (χ0) is 15.5. The molecule has 0 bridgehead atoms. The van der Waals surface area contributed by atoms with Crippen molar-refractivity contribution >= 4 is 17.3 Å². The molecule has 2 heterocycles. The predicted octanol–water partition coefficient (Wildman–Crippen LogP) is 2.98. The van der Waals surface area contributed by atoms with Crippen LogP contribution in [-0.2, 0) is 0 Å². The van der Waals surface area contributed by atoms with Gasteiger partial charge in [0.2, 0.25) is 0 Å². The Hall–Kier alpha value is -2.89. The molecule has 0 saturated carbocycles. The van der Waals surface area contributed by atoms with Crippen LogP contribution in [0.5, 0.6) is 0 Å². The number of hydrogen-bond acceptors (Lipinski definition) is 5. The van der Waals surface area contributed by atoms with Gasteiger partial charge in [-0.3, -0.25) is 10.1 Å². The van der Waals surface area contributed by atoms with Crippen molar-refractivity contribution in [2.75, 3.05) is 24.3 Å². The summed E-state index contributed by atoms with van der Waals surface area (Å²) in [6.07, 6.45) is 3.44. The van der Waals surface area contributed by atoms with Crippen LogP contribution in [0.25, 0.3) is 11.3 Å². The summed E-state index contributed by atoms with van der Waals surface area (Å²) in [4.78, 5) is 10.9. The van der Waals surface area contributed by atoms with Crippen molar-refractivity contribution in [1.29, 1.82) is 0 Å². The maximum atomic E-state index is 4.58. The second-order valence-electron chi connectivity index (χ2n) is 5.29. The molecule has 0 saturated heterocycles. The molecule has 6 heteroatoms. The minimum Gasteiger partial charge on any atom is -0.378 e. The third kappa shape index (κ3) is 3.06. The average Bonchev–Trinajstić information content (AvgIpc) is 2.93. The molecular formula is C16H18N6. The molecule has 2 N–H and O–H groups in total. The molecule has 0 amide bonds. The quantitative estimate of drug-likeness (QED) is 0.774. The van der Waals surface area contributed by atoms with Crippen LogP contribution >= 0.6 is 0 Å². The molecular weight excluding hydrogens is 276 g/mol.